The largest absolute Gasteiger partial charge is 0.312 e. The highest BCUT2D eigenvalue weighted by Gasteiger charge is 2.21. The van der Waals surface area contributed by atoms with E-state index in [0.717, 1.165) is 37.4 Å². The van der Waals surface area contributed by atoms with E-state index in [9.17, 15) is 4.79 Å². The zero-order valence-corrected chi connectivity index (χ0v) is 14.5. The van der Waals surface area contributed by atoms with E-state index < -0.39 is 0 Å². The number of thiazole rings is 1. The molecule has 23 heavy (non-hydrogen) atoms. The van der Waals surface area contributed by atoms with Crippen molar-refractivity contribution >= 4 is 22.9 Å². The molecule has 0 unspecified atom stereocenters. The average Bonchev–Trinajstić information content (AvgIpc) is 3.17. The molecule has 0 bridgehead atoms. The number of anilines is 1. The van der Waals surface area contributed by atoms with Crippen molar-refractivity contribution in [1.29, 1.82) is 0 Å². The predicted octanol–water partition coefficient (Wildman–Crippen LogP) is 3.68. The van der Waals surface area contributed by atoms with Gasteiger partial charge in [-0.05, 0) is 24.1 Å². The van der Waals surface area contributed by atoms with Crippen LogP contribution in [0.4, 0.5) is 5.69 Å². The Morgan fingerprint density at radius 3 is 2.65 bits per heavy atom. The summed E-state index contributed by atoms with van der Waals surface area (Å²) in [6.07, 6.45) is 1.64. The van der Waals surface area contributed by atoms with Gasteiger partial charge in [-0.25, -0.2) is 4.98 Å². The van der Waals surface area contributed by atoms with Gasteiger partial charge in [0, 0.05) is 43.0 Å². The smallest absolute Gasteiger partial charge is 0.227 e. The van der Waals surface area contributed by atoms with Crippen LogP contribution < -0.4 is 10.2 Å². The summed E-state index contributed by atoms with van der Waals surface area (Å²) in [4.78, 5) is 18.2. The lowest BCUT2D eigenvalue weighted by atomic mass is 10.2. The van der Waals surface area contributed by atoms with Crippen LogP contribution in [0.2, 0.25) is 0 Å². The Morgan fingerprint density at radius 1 is 1.26 bits per heavy atom. The van der Waals surface area contributed by atoms with Crippen molar-refractivity contribution in [3.63, 3.8) is 0 Å². The van der Waals surface area contributed by atoms with Crippen LogP contribution in [0.15, 0.2) is 29.6 Å². The van der Waals surface area contributed by atoms with Crippen molar-refractivity contribution < 1.29 is 4.79 Å². The fourth-order valence-electron chi connectivity index (χ4n) is 2.72. The second-order valence-electron chi connectivity index (χ2n) is 6.25. The van der Waals surface area contributed by atoms with Crippen molar-refractivity contribution in [3.05, 3.63) is 45.9 Å². The van der Waals surface area contributed by atoms with E-state index in [-0.39, 0.29) is 5.91 Å². The van der Waals surface area contributed by atoms with Crippen LogP contribution in [0, 0.1) is 0 Å². The molecule has 0 aliphatic carbocycles. The minimum absolute atomic E-state index is 0.236. The molecular weight excluding hydrogens is 306 g/mol. The highest BCUT2D eigenvalue weighted by atomic mass is 32.1. The summed E-state index contributed by atoms with van der Waals surface area (Å²) in [5.41, 5.74) is 3.34. The van der Waals surface area contributed by atoms with Crippen LogP contribution in [0.5, 0.6) is 0 Å². The van der Waals surface area contributed by atoms with Gasteiger partial charge in [0.15, 0.2) is 0 Å². The minimum Gasteiger partial charge on any atom is -0.312 e. The third-order valence-electron chi connectivity index (χ3n) is 4.02. The standard InChI is InChI=1S/C18H23N3OS/c1-13(2)18-20-15(12-23-18)11-19-10-14-5-7-16(8-6-14)21-9-3-4-17(21)22/h5-8,12-13,19H,3-4,9-11H2,1-2H3. The molecule has 1 aliphatic heterocycles. The van der Waals surface area contributed by atoms with Crippen molar-refractivity contribution in [2.24, 2.45) is 0 Å². The van der Waals surface area contributed by atoms with Crippen molar-refractivity contribution in [2.75, 3.05) is 11.4 Å². The fraction of sp³-hybridized carbons (Fsp3) is 0.444. The van der Waals surface area contributed by atoms with E-state index in [1.165, 1.54) is 10.6 Å². The molecule has 0 spiro atoms. The first-order valence-electron chi connectivity index (χ1n) is 8.18. The Bertz CT molecular complexity index is 663. The fourth-order valence-corrected chi connectivity index (χ4v) is 3.55. The van der Waals surface area contributed by atoms with Crippen LogP contribution in [0.25, 0.3) is 0 Å². The van der Waals surface area contributed by atoms with Gasteiger partial charge in [-0.3, -0.25) is 4.79 Å². The second kappa shape index (κ2) is 7.23. The van der Waals surface area contributed by atoms with Crippen molar-refractivity contribution in [1.82, 2.24) is 10.3 Å². The monoisotopic (exact) mass is 329 g/mol. The number of carbonyl (C=O) groups is 1. The summed E-state index contributed by atoms with van der Waals surface area (Å²) in [5, 5.41) is 6.76. The molecular formula is C18H23N3OS. The SMILES string of the molecule is CC(C)c1nc(CNCc2ccc(N3CCCC3=O)cc2)cs1. The molecule has 1 saturated heterocycles. The number of aromatic nitrogens is 1. The van der Waals surface area contributed by atoms with Gasteiger partial charge >= 0.3 is 0 Å². The molecule has 0 saturated carbocycles. The number of benzene rings is 1. The summed E-state index contributed by atoms with van der Waals surface area (Å²) in [5.74, 6) is 0.731. The van der Waals surface area contributed by atoms with Gasteiger partial charge in [0.05, 0.1) is 10.7 Å². The second-order valence-corrected chi connectivity index (χ2v) is 7.14. The quantitative estimate of drug-likeness (QED) is 0.879. The van der Waals surface area contributed by atoms with Crippen LogP contribution >= 0.6 is 11.3 Å². The van der Waals surface area contributed by atoms with Gasteiger partial charge in [-0.2, -0.15) is 0 Å². The van der Waals surface area contributed by atoms with Gasteiger partial charge in [-0.1, -0.05) is 26.0 Å². The molecule has 5 heteroatoms. The maximum atomic E-state index is 11.7. The molecule has 1 aromatic carbocycles. The molecule has 0 radical (unpaired) electrons. The molecule has 122 valence electrons. The Balaban J connectivity index is 1.51. The zero-order valence-electron chi connectivity index (χ0n) is 13.7. The van der Waals surface area contributed by atoms with Crippen LogP contribution in [0.3, 0.4) is 0 Å². The zero-order chi connectivity index (χ0) is 16.2. The third kappa shape index (κ3) is 3.98. The maximum absolute atomic E-state index is 11.7. The van der Waals surface area contributed by atoms with Gasteiger partial charge in [-0.15, -0.1) is 11.3 Å². The van der Waals surface area contributed by atoms with Crippen LogP contribution in [0.1, 0.15) is 48.9 Å². The lowest BCUT2D eigenvalue weighted by Gasteiger charge is -2.16. The molecule has 1 N–H and O–H groups in total. The van der Waals surface area contributed by atoms with Gasteiger partial charge in [0.1, 0.15) is 0 Å². The van der Waals surface area contributed by atoms with E-state index in [1.807, 2.05) is 17.0 Å². The Hall–Kier alpha value is -1.72. The lowest BCUT2D eigenvalue weighted by Crippen LogP contribution is -2.23. The first-order chi connectivity index (χ1) is 11.1. The van der Waals surface area contributed by atoms with E-state index in [4.69, 9.17) is 0 Å². The van der Waals surface area contributed by atoms with E-state index in [2.05, 4.69) is 41.7 Å². The molecule has 1 aliphatic rings. The maximum Gasteiger partial charge on any atom is 0.227 e. The summed E-state index contributed by atoms with van der Waals surface area (Å²) in [6.45, 7) is 6.78. The minimum atomic E-state index is 0.236. The van der Waals surface area contributed by atoms with E-state index in [0.29, 0.717) is 12.3 Å². The van der Waals surface area contributed by atoms with E-state index in [1.54, 1.807) is 11.3 Å². The number of hydrogen-bond acceptors (Lipinski definition) is 4. The first-order valence-corrected chi connectivity index (χ1v) is 9.06. The molecule has 0 atom stereocenters. The summed E-state index contributed by atoms with van der Waals surface area (Å²) in [6, 6.07) is 8.27. The molecule has 2 heterocycles. The molecule has 1 fully saturated rings. The number of nitrogens with one attached hydrogen (secondary N) is 1. The van der Waals surface area contributed by atoms with Crippen molar-refractivity contribution in [2.45, 2.75) is 45.7 Å². The normalized spacial score (nSPS) is 14.9. The molecule has 3 rings (SSSR count). The Labute approximate surface area is 141 Å². The molecule has 2 aromatic rings. The van der Waals surface area contributed by atoms with Gasteiger partial charge < -0.3 is 10.2 Å². The third-order valence-corrected chi connectivity index (χ3v) is 5.21. The van der Waals surface area contributed by atoms with E-state index >= 15 is 0 Å². The number of rotatable bonds is 6. The summed E-state index contributed by atoms with van der Waals surface area (Å²) < 4.78 is 0. The first kappa shape index (κ1) is 16.1. The van der Waals surface area contributed by atoms with Gasteiger partial charge in [0.2, 0.25) is 5.91 Å². The summed E-state index contributed by atoms with van der Waals surface area (Å²) in [7, 11) is 0. The number of nitrogens with zero attached hydrogens (tertiary/aromatic N) is 2. The topological polar surface area (TPSA) is 45.2 Å². The Kier molecular flexibility index (Phi) is 5.08. The predicted molar refractivity (Wildman–Crippen MR) is 94.8 cm³/mol. The highest BCUT2D eigenvalue weighted by Crippen LogP contribution is 2.22. The van der Waals surface area contributed by atoms with Crippen LogP contribution in [-0.4, -0.2) is 17.4 Å². The highest BCUT2D eigenvalue weighted by molar-refractivity contribution is 7.09. The van der Waals surface area contributed by atoms with Gasteiger partial charge in [0.25, 0.3) is 0 Å². The molecule has 4 nitrogen and oxygen atoms in total. The summed E-state index contributed by atoms with van der Waals surface area (Å²) >= 11 is 1.73. The lowest BCUT2D eigenvalue weighted by molar-refractivity contribution is -0.117. The van der Waals surface area contributed by atoms with Crippen LogP contribution in [-0.2, 0) is 17.9 Å². The number of hydrogen-bond donors (Lipinski definition) is 1. The Morgan fingerprint density at radius 2 is 2.04 bits per heavy atom. The average molecular weight is 329 g/mol. The number of carbonyl (C=O) groups excluding carboxylic acids is 1. The van der Waals surface area contributed by atoms with Crippen molar-refractivity contribution in [3.8, 4) is 0 Å². The molecule has 1 amide bonds. The molecule has 1 aromatic heterocycles. The number of amides is 1.